The Morgan fingerprint density at radius 1 is 1.46 bits per heavy atom. The van der Waals surface area contributed by atoms with E-state index in [1.54, 1.807) is 0 Å². The van der Waals surface area contributed by atoms with Crippen molar-refractivity contribution in [2.24, 2.45) is 5.92 Å². The zero-order chi connectivity index (χ0) is 9.42. The smallest absolute Gasteiger partial charge is 0.0408 e. The molecule has 0 nitrogen and oxygen atoms in total. The Bertz CT molecular complexity index is 320. The Balaban J connectivity index is 2.22. The van der Waals surface area contributed by atoms with Gasteiger partial charge in [0, 0.05) is 10.9 Å². The number of aryl methyl sites for hydroxylation is 1. The lowest BCUT2D eigenvalue weighted by atomic mass is 10.0. The lowest BCUT2D eigenvalue weighted by Crippen LogP contribution is -1.88. The lowest BCUT2D eigenvalue weighted by Gasteiger charge is -2.04. The molecule has 1 aliphatic rings. The van der Waals surface area contributed by atoms with E-state index in [9.17, 15) is 0 Å². The van der Waals surface area contributed by atoms with Gasteiger partial charge < -0.3 is 0 Å². The molecule has 2 atom stereocenters. The normalized spacial score (nSPS) is 26.1. The molecular formula is C11H12Cl2. The summed E-state index contributed by atoms with van der Waals surface area (Å²) in [5, 5.41) is 0.823. The zero-order valence-corrected chi connectivity index (χ0v) is 9.07. The molecule has 0 bridgehead atoms. The molecule has 1 aliphatic carbocycles. The van der Waals surface area contributed by atoms with Crippen LogP contribution in [0.25, 0.3) is 0 Å². The van der Waals surface area contributed by atoms with Gasteiger partial charge in [0.1, 0.15) is 0 Å². The molecule has 0 radical (unpaired) electrons. The molecule has 0 heterocycles. The zero-order valence-electron chi connectivity index (χ0n) is 7.56. The molecule has 1 fully saturated rings. The molecule has 2 rings (SSSR count). The Labute approximate surface area is 88.9 Å². The maximum Gasteiger partial charge on any atom is 0.0408 e. The number of hydrogen-bond acceptors (Lipinski definition) is 0. The maximum atomic E-state index is 5.89. The Hall–Kier alpha value is -0.200. The minimum Gasteiger partial charge on any atom is -0.126 e. The third kappa shape index (κ3) is 1.84. The van der Waals surface area contributed by atoms with Gasteiger partial charge in [-0.1, -0.05) is 17.7 Å². The van der Waals surface area contributed by atoms with E-state index in [2.05, 4.69) is 13.0 Å². The summed E-state index contributed by atoms with van der Waals surface area (Å²) in [5.74, 6) is 2.17. The Kier molecular flexibility index (Phi) is 2.53. The molecule has 0 N–H and O–H groups in total. The highest BCUT2D eigenvalue weighted by Crippen LogP contribution is 2.49. The Morgan fingerprint density at radius 3 is 2.77 bits per heavy atom. The van der Waals surface area contributed by atoms with E-state index in [0.717, 1.165) is 10.9 Å². The minimum atomic E-state index is 0.690. The highest BCUT2D eigenvalue weighted by atomic mass is 35.5. The molecule has 0 aromatic heterocycles. The standard InChI is InChI=1S/C11H12Cl2/c1-7-4-9(13)2-3-10(7)11-5-8(11)6-12/h2-4,8,11H,5-6H2,1H3. The van der Waals surface area contributed by atoms with Gasteiger partial charge in [-0.2, -0.15) is 0 Å². The van der Waals surface area contributed by atoms with Crippen molar-refractivity contribution < 1.29 is 0 Å². The van der Waals surface area contributed by atoms with Crippen molar-refractivity contribution in [1.82, 2.24) is 0 Å². The van der Waals surface area contributed by atoms with Crippen molar-refractivity contribution in [1.29, 1.82) is 0 Å². The van der Waals surface area contributed by atoms with Gasteiger partial charge in [0.05, 0.1) is 0 Å². The van der Waals surface area contributed by atoms with Crippen LogP contribution >= 0.6 is 23.2 Å². The third-order valence-electron chi connectivity index (χ3n) is 2.75. The molecule has 0 amide bonds. The van der Waals surface area contributed by atoms with Gasteiger partial charge in [-0.25, -0.2) is 0 Å². The number of halogens is 2. The van der Waals surface area contributed by atoms with Crippen LogP contribution < -0.4 is 0 Å². The molecule has 0 aliphatic heterocycles. The molecule has 2 unspecified atom stereocenters. The molecular weight excluding hydrogens is 203 g/mol. The molecule has 1 aromatic carbocycles. The second kappa shape index (κ2) is 3.51. The summed E-state index contributed by atoms with van der Waals surface area (Å²) in [6.45, 7) is 2.12. The summed E-state index contributed by atoms with van der Waals surface area (Å²) < 4.78 is 0. The van der Waals surface area contributed by atoms with E-state index in [1.165, 1.54) is 17.5 Å². The van der Waals surface area contributed by atoms with E-state index in [-0.39, 0.29) is 0 Å². The summed E-state index contributed by atoms with van der Waals surface area (Å²) >= 11 is 11.7. The number of alkyl halides is 1. The van der Waals surface area contributed by atoms with Crippen molar-refractivity contribution in [3.8, 4) is 0 Å². The SMILES string of the molecule is Cc1cc(Cl)ccc1C1CC1CCl. The summed E-state index contributed by atoms with van der Waals surface area (Å²) in [5.41, 5.74) is 2.72. The minimum absolute atomic E-state index is 0.690. The van der Waals surface area contributed by atoms with Gasteiger partial charge in [0.2, 0.25) is 0 Å². The molecule has 13 heavy (non-hydrogen) atoms. The van der Waals surface area contributed by atoms with Crippen LogP contribution in [0.15, 0.2) is 18.2 Å². The molecule has 1 aromatic rings. The van der Waals surface area contributed by atoms with Crippen LogP contribution in [0.4, 0.5) is 0 Å². The first kappa shape index (κ1) is 9.36. The van der Waals surface area contributed by atoms with Gasteiger partial charge >= 0.3 is 0 Å². The van der Waals surface area contributed by atoms with Crippen LogP contribution in [0, 0.1) is 12.8 Å². The molecule has 1 saturated carbocycles. The highest BCUT2D eigenvalue weighted by molar-refractivity contribution is 6.30. The second-order valence-corrected chi connectivity index (χ2v) is 4.50. The van der Waals surface area contributed by atoms with Crippen LogP contribution in [-0.4, -0.2) is 5.88 Å². The number of hydrogen-bond donors (Lipinski definition) is 0. The molecule has 70 valence electrons. The summed E-state index contributed by atoms with van der Waals surface area (Å²) in [4.78, 5) is 0. The fourth-order valence-corrected chi connectivity index (χ4v) is 2.42. The first-order chi connectivity index (χ1) is 6.22. The van der Waals surface area contributed by atoms with E-state index in [0.29, 0.717) is 11.8 Å². The fourth-order valence-electron chi connectivity index (χ4n) is 1.85. The monoisotopic (exact) mass is 214 g/mol. The van der Waals surface area contributed by atoms with Crippen molar-refractivity contribution >= 4 is 23.2 Å². The highest BCUT2D eigenvalue weighted by Gasteiger charge is 2.37. The number of benzene rings is 1. The first-order valence-electron chi connectivity index (χ1n) is 4.54. The van der Waals surface area contributed by atoms with E-state index in [4.69, 9.17) is 23.2 Å². The summed E-state index contributed by atoms with van der Waals surface area (Å²) in [6, 6.07) is 6.13. The fraction of sp³-hybridized carbons (Fsp3) is 0.455. The van der Waals surface area contributed by atoms with Gasteiger partial charge in [-0.15, -0.1) is 11.6 Å². The average Bonchev–Trinajstić information content (AvgIpc) is 2.83. The van der Waals surface area contributed by atoms with Crippen molar-refractivity contribution in [2.75, 3.05) is 5.88 Å². The molecule has 0 spiro atoms. The largest absolute Gasteiger partial charge is 0.126 e. The van der Waals surface area contributed by atoms with Crippen LogP contribution in [0.5, 0.6) is 0 Å². The van der Waals surface area contributed by atoms with Crippen molar-refractivity contribution in [3.05, 3.63) is 34.3 Å². The quantitative estimate of drug-likeness (QED) is 0.654. The first-order valence-corrected chi connectivity index (χ1v) is 5.45. The predicted molar refractivity (Wildman–Crippen MR) is 57.8 cm³/mol. The number of rotatable bonds is 2. The van der Waals surface area contributed by atoms with E-state index < -0.39 is 0 Å². The third-order valence-corrected chi connectivity index (χ3v) is 3.38. The van der Waals surface area contributed by atoms with Crippen LogP contribution in [-0.2, 0) is 0 Å². The summed E-state index contributed by atoms with van der Waals surface area (Å²) in [7, 11) is 0. The van der Waals surface area contributed by atoms with Crippen LogP contribution in [0.1, 0.15) is 23.5 Å². The summed E-state index contributed by atoms with van der Waals surface area (Å²) in [6.07, 6.45) is 1.24. The van der Waals surface area contributed by atoms with Crippen molar-refractivity contribution in [2.45, 2.75) is 19.3 Å². The maximum absolute atomic E-state index is 5.89. The average molecular weight is 215 g/mol. The topological polar surface area (TPSA) is 0 Å². The molecule has 2 heteroatoms. The van der Waals surface area contributed by atoms with Gasteiger partial charge in [0.25, 0.3) is 0 Å². The van der Waals surface area contributed by atoms with E-state index >= 15 is 0 Å². The Morgan fingerprint density at radius 2 is 2.23 bits per heavy atom. The van der Waals surface area contributed by atoms with Crippen molar-refractivity contribution in [3.63, 3.8) is 0 Å². The predicted octanol–water partition coefficient (Wildman–Crippen LogP) is 3.99. The van der Waals surface area contributed by atoms with Crippen LogP contribution in [0.3, 0.4) is 0 Å². The van der Waals surface area contributed by atoms with Gasteiger partial charge in [-0.05, 0) is 48.4 Å². The van der Waals surface area contributed by atoms with Crippen LogP contribution in [0.2, 0.25) is 5.02 Å². The molecule has 0 saturated heterocycles. The lowest BCUT2D eigenvalue weighted by molar-refractivity contribution is 0.917. The van der Waals surface area contributed by atoms with Gasteiger partial charge in [0.15, 0.2) is 0 Å². The second-order valence-electron chi connectivity index (χ2n) is 3.76. The van der Waals surface area contributed by atoms with Gasteiger partial charge in [-0.3, -0.25) is 0 Å². The van der Waals surface area contributed by atoms with E-state index in [1.807, 2.05) is 12.1 Å².